The molecule has 3 unspecified atom stereocenters. The quantitative estimate of drug-likeness (QED) is 0.755. The Morgan fingerprint density at radius 3 is 2.25 bits per heavy atom. The van der Waals surface area contributed by atoms with Gasteiger partial charge in [0.1, 0.15) is 0 Å². The van der Waals surface area contributed by atoms with Crippen LogP contribution >= 0.6 is 0 Å². The number of rotatable bonds is 4. The van der Waals surface area contributed by atoms with Crippen LogP contribution in [0.4, 0.5) is 0 Å². The Morgan fingerprint density at radius 1 is 1.12 bits per heavy atom. The fraction of sp³-hybridized carbons (Fsp3) is 1.00. The van der Waals surface area contributed by atoms with Crippen LogP contribution in [0.1, 0.15) is 66.7 Å². The molecular formula is C15H31N. The highest BCUT2D eigenvalue weighted by atomic mass is 14.9. The summed E-state index contributed by atoms with van der Waals surface area (Å²) >= 11 is 0. The molecule has 0 bridgehead atoms. The fourth-order valence-corrected chi connectivity index (χ4v) is 3.50. The molecular weight excluding hydrogens is 194 g/mol. The SMILES string of the molecule is CCNC(C1CCCCC1CC)C(C)(C)C. The third kappa shape index (κ3) is 3.48. The van der Waals surface area contributed by atoms with Gasteiger partial charge in [-0.25, -0.2) is 0 Å². The molecule has 3 atom stereocenters. The summed E-state index contributed by atoms with van der Waals surface area (Å²) in [4.78, 5) is 0. The van der Waals surface area contributed by atoms with Crippen LogP contribution in [0.5, 0.6) is 0 Å². The van der Waals surface area contributed by atoms with Crippen molar-refractivity contribution in [3.63, 3.8) is 0 Å². The monoisotopic (exact) mass is 225 g/mol. The van der Waals surface area contributed by atoms with Crippen molar-refractivity contribution in [3.8, 4) is 0 Å². The van der Waals surface area contributed by atoms with Crippen LogP contribution in [0.2, 0.25) is 0 Å². The van der Waals surface area contributed by atoms with Crippen LogP contribution in [-0.2, 0) is 0 Å². The van der Waals surface area contributed by atoms with E-state index in [0.717, 1.165) is 18.4 Å². The van der Waals surface area contributed by atoms with Crippen molar-refractivity contribution >= 4 is 0 Å². The molecule has 1 heteroatoms. The van der Waals surface area contributed by atoms with Gasteiger partial charge in [-0.05, 0) is 30.2 Å². The first-order valence-corrected chi connectivity index (χ1v) is 7.24. The minimum Gasteiger partial charge on any atom is -0.313 e. The van der Waals surface area contributed by atoms with Crippen LogP contribution in [0.3, 0.4) is 0 Å². The molecule has 1 nitrogen and oxygen atoms in total. The number of hydrogen-bond acceptors (Lipinski definition) is 1. The summed E-state index contributed by atoms with van der Waals surface area (Å²) in [6.45, 7) is 12.9. The van der Waals surface area contributed by atoms with Crippen LogP contribution in [0, 0.1) is 17.3 Å². The van der Waals surface area contributed by atoms with Gasteiger partial charge in [0.05, 0.1) is 0 Å². The lowest BCUT2D eigenvalue weighted by molar-refractivity contribution is 0.106. The molecule has 0 aromatic carbocycles. The predicted octanol–water partition coefficient (Wildman–Crippen LogP) is 4.23. The molecule has 0 spiro atoms. The predicted molar refractivity (Wildman–Crippen MR) is 72.7 cm³/mol. The Bertz CT molecular complexity index is 192. The molecule has 0 saturated heterocycles. The third-order valence-electron chi connectivity index (χ3n) is 4.28. The van der Waals surface area contributed by atoms with Gasteiger partial charge in [0.25, 0.3) is 0 Å². The van der Waals surface area contributed by atoms with Crippen molar-refractivity contribution in [1.82, 2.24) is 5.32 Å². The molecule has 1 aliphatic carbocycles. The van der Waals surface area contributed by atoms with E-state index in [2.05, 4.69) is 39.9 Å². The zero-order chi connectivity index (χ0) is 12.2. The smallest absolute Gasteiger partial charge is 0.0146 e. The van der Waals surface area contributed by atoms with Gasteiger partial charge in [0, 0.05) is 6.04 Å². The lowest BCUT2D eigenvalue weighted by Crippen LogP contribution is -2.49. The Morgan fingerprint density at radius 2 is 1.75 bits per heavy atom. The largest absolute Gasteiger partial charge is 0.313 e. The van der Waals surface area contributed by atoms with Crippen molar-refractivity contribution in [2.75, 3.05) is 6.54 Å². The highest BCUT2D eigenvalue weighted by Gasteiger charge is 2.36. The summed E-state index contributed by atoms with van der Waals surface area (Å²) in [6, 6.07) is 0.697. The molecule has 0 aromatic heterocycles. The third-order valence-corrected chi connectivity index (χ3v) is 4.28. The van der Waals surface area contributed by atoms with E-state index >= 15 is 0 Å². The summed E-state index contributed by atoms with van der Waals surface area (Å²) < 4.78 is 0. The van der Waals surface area contributed by atoms with Gasteiger partial charge in [0.15, 0.2) is 0 Å². The van der Waals surface area contributed by atoms with E-state index < -0.39 is 0 Å². The maximum absolute atomic E-state index is 3.76. The van der Waals surface area contributed by atoms with Gasteiger partial charge in [0.2, 0.25) is 0 Å². The van der Waals surface area contributed by atoms with Crippen LogP contribution in [0.25, 0.3) is 0 Å². The number of nitrogens with one attached hydrogen (secondary N) is 1. The summed E-state index contributed by atoms with van der Waals surface area (Å²) in [5.41, 5.74) is 0.394. The molecule has 96 valence electrons. The maximum Gasteiger partial charge on any atom is 0.0146 e. The second kappa shape index (κ2) is 6.05. The van der Waals surface area contributed by atoms with Crippen LogP contribution < -0.4 is 5.32 Å². The van der Waals surface area contributed by atoms with E-state index in [4.69, 9.17) is 0 Å². The molecule has 0 aromatic rings. The fourth-order valence-electron chi connectivity index (χ4n) is 3.50. The molecule has 1 fully saturated rings. The number of hydrogen-bond donors (Lipinski definition) is 1. The Hall–Kier alpha value is -0.0400. The lowest BCUT2D eigenvalue weighted by Gasteiger charge is -2.43. The minimum atomic E-state index is 0.394. The van der Waals surface area contributed by atoms with Crippen LogP contribution in [0.15, 0.2) is 0 Å². The highest BCUT2D eigenvalue weighted by Crippen LogP contribution is 2.39. The average molecular weight is 225 g/mol. The zero-order valence-electron chi connectivity index (χ0n) is 12.0. The molecule has 0 amide bonds. The Labute approximate surface area is 102 Å². The first kappa shape index (κ1) is 14.0. The summed E-state index contributed by atoms with van der Waals surface area (Å²) in [5, 5.41) is 3.76. The van der Waals surface area contributed by atoms with Gasteiger partial charge >= 0.3 is 0 Å². The zero-order valence-corrected chi connectivity index (χ0v) is 12.0. The van der Waals surface area contributed by atoms with Gasteiger partial charge in [-0.1, -0.05) is 60.3 Å². The van der Waals surface area contributed by atoms with E-state index in [1.54, 1.807) is 0 Å². The molecule has 0 aliphatic heterocycles. The van der Waals surface area contributed by atoms with E-state index in [1.807, 2.05) is 0 Å². The maximum atomic E-state index is 3.76. The summed E-state index contributed by atoms with van der Waals surface area (Å²) in [7, 11) is 0. The Balaban J connectivity index is 2.74. The van der Waals surface area contributed by atoms with Crippen molar-refractivity contribution in [2.24, 2.45) is 17.3 Å². The van der Waals surface area contributed by atoms with Gasteiger partial charge in [-0.15, -0.1) is 0 Å². The molecule has 1 aliphatic rings. The molecule has 0 heterocycles. The van der Waals surface area contributed by atoms with Gasteiger partial charge in [-0.2, -0.15) is 0 Å². The molecule has 0 radical (unpaired) electrons. The van der Waals surface area contributed by atoms with E-state index in [0.29, 0.717) is 11.5 Å². The average Bonchev–Trinajstić information content (AvgIpc) is 2.24. The molecule has 1 saturated carbocycles. The topological polar surface area (TPSA) is 12.0 Å². The summed E-state index contributed by atoms with van der Waals surface area (Å²) in [6.07, 6.45) is 7.16. The van der Waals surface area contributed by atoms with E-state index in [9.17, 15) is 0 Å². The van der Waals surface area contributed by atoms with Gasteiger partial charge in [-0.3, -0.25) is 0 Å². The van der Waals surface area contributed by atoms with Crippen molar-refractivity contribution < 1.29 is 0 Å². The van der Waals surface area contributed by atoms with Crippen molar-refractivity contribution in [1.29, 1.82) is 0 Å². The van der Waals surface area contributed by atoms with Crippen molar-refractivity contribution in [2.45, 2.75) is 72.8 Å². The standard InChI is InChI=1S/C15H31N/c1-6-12-10-8-9-11-13(12)14(16-7-2)15(3,4)5/h12-14,16H,6-11H2,1-5H3. The van der Waals surface area contributed by atoms with Gasteiger partial charge < -0.3 is 5.32 Å². The van der Waals surface area contributed by atoms with E-state index in [1.165, 1.54) is 32.1 Å². The van der Waals surface area contributed by atoms with Crippen molar-refractivity contribution in [3.05, 3.63) is 0 Å². The molecule has 1 rings (SSSR count). The normalized spacial score (nSPS) is 29.1. The first-order valence-electron chi connectivity index (χ1n) is 7.24. The van der Waals surface area contributed by atoms with Crippen LogP contribution in [-0.4, -0.2) is 12.6 Å². The lowest BCUT2D eigenvalue weighted by atomic mass is 9.67. The Kier molecular flexibility index (Phi) is 5.30. The van der Waals surface area contributed by atoms with E-state index in [-0.39, 0.29) is 0 Å². The highest BCUT2D eigenvalue weighted by molar-refractivity contribution is 4.91. The molecule has 1 N–H and O–H groups in total. The second-order valence-electron chi connectivity index (χ2n) is 6.52. The minimum absolute atomic E-state index is 0.394. The molecule has 16 heavy (non-hydrogen) atoms. The second-order valence-corrected chi connectivity index (χ2v) is 6.52. The first-order chi connectivity index (χ1) is 7.50. The summed E-state index contributed by atoms with van der Waals surface area (Å²) in [5.74, 6) is 1.86.